The Kier molecular flexibility index (Phi) is 5.32. The van der Waals surface area contributed by atoms with Gasteiger partial charge in [0.15, 0.2) is 15.2 Å². The zero-order valence-corrected chi connectivity index (χ0v) is 11.0. The maximum absolute atomic E-state index is 10.8. The van der Waals surface area contributed by atoms with Crippen molar-refractivity contribution in [3.63, 3.8) is 0 Å². The van der Waals surface area contributed by atoms with Crippen LogP contribution in [0, 0.1) is 0 Å². The van der Waals surface area contributed by atoms with Crippen LogP contribution >= 0.6 is 15.2 Å². The SMILES string of the molecule is O=P([O-])(O)C(O)(Cn1ccnc1)P(=O)([O-])O.[Mn+2]. The summed E-state index contributed by atoms with van der Waals surface area (Å²) < 4.78 is 22.5. The molecule has 3 N–H and O–H groups in total. The molecule has 1 rings (SSSR count). The standard InChI is InChI=1S/C5H10N2O7P2.Mn/c8-5(15(9,10)11,16(12,13)14)3-7-2-1-6-4-7;/h1-2,4,8H,3H2,(H2,9,10,11)(H2,12,13,14);/q;+2/p-2. The van der Waals surface area contributed by atoms with Crippen molar-refractivity contribution in [3.05, 3.63) is 18.7 Å². The summed E-state index contributed by atoms with van der Waals surface area (Å²) in [4.78, 5) is 42.4. The summed E-state index contributed by atoms with van der Waals surface area (Å²) in [6.45, 7) is -1.08. The van der Waals surface area contributed by atoms with Crippen molar-refractivity contribution in [2.75, 3.05) is 0 Å². The van der Waals surface area contributed by atoms with E-state index in [9.17, 15) is 24.0 Å². The fourth-order valence-electron chi connectivity index (χ4n) is 0.964. The first-order valence-electron chi connectivity index (χ1n) is 3.84. The van der Waals surface area contributed by atoms with Crippen molar-refractivity contribution in [3.8, 4) is 0 Å². The molecule has 0 aliphatic carbocycles. The van der Waals surface area contributed by atoms with E-state index < -0.39 is 26.8 Å². The zero-order chi connectivity index (χ0) is 12.6. The van der Waals surface area contributed by atoms with Gasteiger partial charge in [-0.15, -0.1) is 0 Å². The number of imidazole rings is 1. The summed E-state index contributed by atoms with van der Waals surface area (Å²) >= 11 is 0. The molecule has 2 atom stereocenters. The summed E-state index contributed by atoms with van der Waals surface area (Å²) in [5.41, 5.74) is 0. The molecule has 0 aliphatic heterocycles. The van der Waals surface area contributed by atoms with Crippen LogP contribution in [0.15, 0.2) is 18.7 Å². The van der Waals surface area contributed by atoms with Gasteiger partial charge >= 0.3 is 17.1 Å². The molecule has 0 aliphatic rings. The minimum absolute atomic E-state index is 0. The van der Waals surface area contributed by atoms with Crippen LogP contribution in [0.5, 0.6) is 0 Å². The molecule has 0 saturated heterocycles. The van der Waals surface area contributed by atoms with Gasteiger partial charge in [-0.05, 0) is 0 Å². The smallest absolute Gasteiger partial charge is 0.776 e. The van der Waals surface area contributed by atoms with E-state index in [-0.39, 0.29) is 17.1 Å². The first kappa shape index (κ1) is 17.0. The van der Waals surface area contributed by atoms with Crippen LogP contribution in [-0.4, -0.2) is 29.5 Å². The molecule has 17 heavy (non-hydrogen) atoms. The number of hydrogen-bond donors (Lipinski definition) is 3. The third kappa shape index (κ3) is 3.48. The minimum atomic E-state index is -5.72. The summed E-state index contributed by atoms with van der Waals surface area (Å²) in [6, 6.07) is 0. The van der Waals surface area contributed by atoms with E-state index in [1.165, 1.54) is 6.20 Å². The molecule has 1 aromatic rings. The predicted molar refractivity (Wildman–Crippen MR) is 46.8 cm³/mol. The van der Waals surface area contributed by atoms with E-state index in [1.807, 2.05) is 0 Å². The molecule has 97 valence electrons. The van der Waals surface area contributed by atoms with Gasteiger partial charge in [0.1, 0.15) is 0 Å². The minimum Gasteiger partial charge on any atom is -0.776 e. The maximum Gasteiger partial charge on any atom is 2.00 e. The van der Waals surface area contributed by atoms with Crippen molar-refractivity contribution >= 4 is 15.2 Å². The molecular formula is C5H8MnN2O7P2. The third-order valence-electron chi connectivity index (χ3n) is 1.86. The molecule has 0 saturated carbocycles. The fourth-order valence-corrected chi connectivity index (χ4v) is 2.93. The van der Waals surface area contributed by atoms with Crippen LogP contribution in [0.4, 0.5) is 0 Å². The Morgan fingerprint density at radius 3 is 2.06 bits per heavy atom. The molecule has 0 aromatic carbocycles. The van der Waals surface area contributed by atoms with Crippen molar-refractivity contribution in [1.29, 1.82) is 0 Å². The van der Waals surface area contributed by atoms with Crippen molar-refractivity contribution in [2.24, 2.45) is 0 Å². The number of aromatic nitrogens is 2. The molecule has 1 aromatic heterocycles. The van der Waals surface area contributed by atoms with Crippen LogP contribution < -0.4 is 9.79 Å². The normalized spacial score (nSPS) is 21.7. The second-order valence-corrected chi connectivity index (χ2v) is 6.96. The van der Waals surface area contributed by atoms with E-state index >= 15 is 0 Å². The molecule has 9 nitrogen and oxygen atoms in total. The molecule has 0 bridgehead atoms. The number of rotatable bonds is 4. The van der Waals surface area contributed by atoms with Crippen LogP contribution in [0.25, 0.3) is 0 Å². The van der Waals surface area contributed by atoms with Gasteiger partial charge < -0.3 is 38.4 Å². The summed E-state index contributed by atoms with van der Waals surface area (Å²) in [6.07, 6.45) is 3.35. The Labute approximate surface area is 106 Å². The van der Waals surface area contributed by atoms with Crippen LogP contribution in [0.3, 0.4) is 0 Å². The average molecular weight is 325 g/mol. The fraction of sp³-hybridized carbons (Fsp3) is 0.400. The Morgan fingerprint density at radius 2 is 1.76 bits per heavy atom. The number of aliphatic hydroxyl groups is 1. The second kappa shape index (κ2) is 5.32. The monoisotopic (exact) mass is 325 g/mol. The molecule has 0 amide bonds. The van der Waals surface area contributed by atoms with E-state index in [1.54, 1.807) is 0 Å². The van der Waals surface area contributed by atoms with Gasteiger partial charge in [-0.25, -0.2) is 4.98 Å². The summed E-state index contributed by atoms with van der Waals surface area (Å²) in [5, 5.41) is 5.69. The van der Waals surface area contributed by atoms with E-state index in [2.05, 4.69) is 4.98 Å². The van der Waals surface area contributed by atoms with Gasteiger partial charge in [-0.2, -0.15) is 0 Å². The second-order valence-electron chi connectivity index (χ2n) is 3.05. The van der Waals surface area contributed by atoms with Gasteiger partial charge in [0.2, 0.25) is 5.08 Å². The molecule has 0 spiro atoms. The molecule has 1 heterocycles. The molecule has 12 heteroatoms. The Bertz CT molecular complexity index is 429. The predicted octanol–water partition coefficient (Wildman–Crippen LogP) is -2.38. The van der Waals surface area contributed by atoms with Crippen molar-refractivity contribution < 1.29 is 50.9 Å². The Balaban J connectivity index is 0.00000256. The molecule has 0 fully saturated rings. The van der Waals surface area contributed by atoms with Gasteiger partial charge in [0.25, 0.3) is 0 Å². The zero-order valence-electron chi connectivity index (χ0n) is 8.08. The first-order valence-corrected chi connectivity index (χ1v) is 6.99. The number of nitrogens with zero attached hydrogens (tertiary/aromatic N) is 2. The molecule has 1 radical (unpaired) electrons. The van der Waals surface area contributed by atoms with Crippen molar-refractivity contribution in [2.45, 2.75) is 11.6 Å². The van der Waals surface area contributed by atoms with E-state index in [0.29, 0.717) is 0 Å². The maximum atomic E-state index is 10.8. The van der Waals surface area contributed by atoms with Crippen LogP contribution in [-0.2, 0) is 32.7 Å². The topological polar surface area (TPSA) is 159 Å². The number of hydrogen-bond acceptors (Lipinski definition) is 6. The van der Waals surface area contributed by atoms with E-state index in [0.717, 1.165) is 17.1 Å². The van der Waals surface area contributed by atoms with Gasteiger partial charge in [0.05, 0.1) is 12.9 Å². The largest absolute Gasteiger partial charge is 2.00 e. The van der Waals surface area contributed by atoms with E-state index in [4.69, 9.17) is 9.79 Å². The quantitative estimate of drug-likeness (QED) is 0.409. The Hall–Kier alpha value is -0.0105. The third-order valence-corrected chi connectivity index (χ3v) is 5.47. The molecular weight excluding hydrogens is 317 g/mol. The van der Waals surface area contributed by atoms with Gasteiger partial charge in [0, 0.05) is 12.4 Å². The van der Waals surface area contributed by atoms with Crippen LogP contribution in [0.2, 0.25) is 0 Å². The Morgan fingerprint density at radius 1 is 1.29 bits per heavy atom. The first-order chi connectivity index (χ1) is 7.08. The molecule has 2 unspecified atom stereocenters. The van der Waals surface area contributed by atoms with Gasteiger partial charge in [-0.3, -0.25) is 0 Å². The average Bonchev–Trinajstić information content (AvgIpc) is 2.52. The summed E-state index contributed by atoms with van der Waals surface area (Å²) in [7, 11) is -11.4. The van der Waals surface area contributed by atoms with Gasteiger partial charge in [-0.1, -0.05) is 0 Å². The van der Waals surface area contributed by atoms with Crippen LogP contribution in [0.1, 0.15) is 0 Å². The summed E-state index contributed by atoms with van der Waals surface area (Å²) in [5.74, 6) is 0. The van der Waals surface area contributed by atoms with Crippen molar-refractivity contribution in [1.82, 2.24) is 9.55 Å².